The van der Waals surface area contributed by atoms with Gasteiger partial charge in [0.2, 0.25) is 0 Å². The van der Waals surface area contributed by atoms with Gasteiger partial charge in [0, 0.05) is 0 Å². The standard InChI is InChI=1S/C3H7Cl2N2OP/c1-3-6-7-9(2,4,5)8-3/h7H,1-2H3. The molecular formula is C3H7Cl2N2OP. The van der Waals surface area contributed by atoms with Crippen molar-refractivity contribution in [1.29, 1.82) is 0 Å². The Morgan fingerprint density at radius 1 is 1.67 bits per heavy atom. The van der Waals surface area contributed by atoms with Crippen LogP contribution in [0.25, 0.3) is 0 Å². The van der Waals surface area contributed by atoms with E-state index in [1.165, 1.54) is 0 Å². The Morgan fingerprint density at radius 2 is 2.22 bits per heavy atom. The van der Waals surface area contributed by atoms with E-state index in [4.69, 9.17) is 27.0 Å². The molecule has 9 heavy (non-hydrogen) atoms. The average molecular weight is 189 g/mol. The molecule has 1 rings (SSSR count). The first-order chi connectivity index (χ1) is 3.87. The van der Waals surface area contributed by atoms with Crippen molar-refractivity contribution in [3.8, 4) is 0 Å². The number of hydrazone groups is 1. The van der Waals surface area contributed by atoms with Crippen molar-refractivity contribution in [3.63, 3.8) is 0 Å². The molecule has 54 valence electrons. The van der Waals surface area contributed by atoms with Crippen LogP contribution in [0.3, 0.4) is 0 Å². The van der Waals surface area contributed by atoms with Gasteiger partial charge in [-0.15, -0.1) is 0 Å². The number of hydrogen-bond acceptors (Lipinski definition) is 3. The van der Waals surface area contributed by atoms with Crippen LogP contribution in [0, 0.1) is 0 Å². The molecule has 0 unspecified atom stereocenters. The number of halogens is 2. The van der Waals surface area contributed by atoms with Crippen LogP contribution in [-0.2, 0) is 4.52 Å². The second kappa shape index (κ2) is 1.66. The first-order valence-corrected chi connectivity index (χ1v) is 6.75. The molecule has 0 aliphatic carbocycles. The maximum absolute atomic E-state index is 5.77. The van der Waals surface area contributed by atoms with Crippen LogP contribution in [0.1, 0.15) is 6.92 Å². The normalized spacial score (nSPS) is 32.9. The molecule has 0 spiro atoms. The molecule has 0 radical (unpaired) electrons. The van der Waals surface area contributed by atoms with Crippen molar-refractivity contribution in [2.45, 2.75) is 6.92 Å². The van der Waals surface area contributed by atoms with Crippen molar-refractivity contribution < 1.29 is 4.52 Å². The molecule has 1 aliphatic heterocycles. The Labute approximate surface area is 63.0 Å². The van der Waals surface area contributed by atoms with Gasteiger partial charge in [0.25, 0.3) is 0 Å². The molecule has 0 aromatic carbocycles. The second-order valence-corrected chi connectivity index (χ2v) is 10.2. The van der Waals surface area contributed by atoms with Gasteiger partial charge in [-0.2, -0.15) is 0 Å². The summed E-state index contributed by atoms with van der Waals surface area (Å²) in [6, 6.07) is 0. The van der Waals surface area contributed by atoms with E-state index in [0.29, 0.717) is 5.90 Å². The van der Waals surface area contributed by atoms with Gasteiger partial charge in [0.05, 0.1) is 0 Å². The SMILES string of the molecule is CC1=NNP(C)(Cl)(Cl)O1. The van der Waals surface area contributed by atoms with E-state index in [9.17, 15) is 0 Å². The van der Waals surface area contributed by atoms with Crippen LogP contribution in [0.4, 0.5) is 0 Å². The zero-order valence-electron chi connectivity index (χ0n) is 5.06. The number of hydrogen-bond donors (Lipinski definition) is 1. The van der Waals surface area contributed by atoms with Gasteiger partial charge in [0.15, 0.2) is 0 Å². The zero-order valence-corrected chi connectivity index (χ0v) is 7.46. The Kier molecular flexibility index (Phi) is 1.36. The first-order valence-electron chi connectivity index (χ1n) is 2.34. The summed E-state index contributed by atoms with van der Waals surface area (Å²) in [5.41, 5.74) is -3.07. The Bertz CT molecular complexity index is 172. The summed E-state index contributed by atoms with van der Waals surface area (Å²) in [4.78, 5) is 0. The maximum atomic E-state index is 5.77. The van der Waals surface area contributed by atoms with Crippen molar-refractivity contribution in [1.82, 2.24) is 5.20 Å². The van der Waals surface area contributed by atoms with Gasteiger partial charge < -0.3 is 0 Å². The van der Waals surface area contributed by atoms with E-state index in [1.54, 1.807) is 13.6 Å². The van der Waals surface area contributed by atoms with E-state index in [-0.39, 0.29) is 0 Å². The summed E-state index contributed by atoms with van der Waals surface area (Å²) < 4.78 is 5.04. The van der Waals surface area contributed by atoms with Crippen molar-refractivity contribution in [2.24, 2.45) is 5.10 Å². The summed E-state index contributed by atoms with van der Waals surface area (Å²) in [5.74, 6) is 0.486. The number of nitrogens with zero attached hydrogens (tertiary/aromatic N) is 1. The molecule has 6 heteroatoms. The molecule has 1 aliphatic rings. The molecule has 0 atom stereocenters. The topological polar surface area (TPSA) is 33.6 Å². The van der Waals surface area contributed by atoms with Crippen molar-refractivity contribution in [2.75, 3.05) is 6.66 Å². The molecule has 1 N–H and O–H groups in total. The van der Waals surface area contributed by atoms with Gasteiger partial charge in [-0.25, -0.2) is 0 Å². The molecule has 0 saturated heterocycles. The molecule has 1 heterocycles. The van der Waals surface area contributed by atoms with Gasteiger partial charge in [-0.1, -0.05) is 0 Å². The molecule has 0 saturated carbocycles. The average Bonchev–Trinajstić information content (AvgIpc) is 1.78. The van der Waals surface area contributed by atoms with Gasteiger partial charge in [-0.3, -0.25) is 0 Å². The van der Waals surface area contributed by atoms with E-state index in [1.807, 2.05) is 0 Å². The van der Waals surface area contributed by atoms with Crippen LogP contribution in [0.2, 0.25) is 0 Å². The minimum absolute atomic E-state index is 0.486. The molecule has 0 bridgehead atoms. The van der Waals surface area contributed by atoms with Crippen LogP contribution >= 0.6 is 28.2 Å². The van der Waals surface area contributed by atoms with E-state index in [0.717, 1.165) is 0 Å². The quantitative estimate of drug-likeness (QED) is 0.593. The third-order valence-corrected chi connectivity index (χ3v) is 2.84. The fourth-order valence-corrected chi connectivity index (χ4v) is 2.38. The minimum atomic E-state index is -3.07. The number of nitrogens with one attached hydrogen (secondary N) is 1. The Morgan fingerprint density at radius 3 is 2.33 bits per heavy atom. The third kappa shape index (κ3) is 1.85. The second-order valence-electron chi connectivity index (χ2n) is 2.03. The molecule has 0 aromatic heterocycles. The van der Waals surface area contributed by atoms with Gasteiger partial charge >= 0.3 is 62.5 Å². The predicted molar refractivity (Wildman–Crippen MR) is 41.9 cm³/mol. The third-order valence-electron chi connectivity index (χ3n) is 0.762. The summed E-state index contributed by atoms with van der Waals surface area (Å²) in [6.45, 7) is 3.30. The van der Waals surface area contributed by atoms with E-state index in [2.05, 4.69) is 10.3 Å². The van der Waals surface area contributed by atoms with E-state index >= 15 is 0 Å². The zero-order chi connectivity index (χ0) is 7.15. The molecule has 0 fully saturated rings. The summed E-state index contributed by atoms with van der Waals surface area (Å²) >= 11 is 11.5. The first kappa shape index (κ1) is 7.39. The van der Waals surface area contributed by atoms with Crippen LogP contribution in [0.5, 0.6) is 0 Å². The monoisotopic (exact) mass is 188 g/mol. The summed E-state index contributed by atoms with van der Waals surface area (Å²) in [7, 11) is 0. The van der Waals surface area contributed by atoms with Gasteiger partial charge in [0.1, 0.15) is 0 Å². The Hall–Kier alpha value is 0.280. The summed E-state index contributed by atoms with van der Waals surface area (Å²) in [6.07, 6.45) is 0. The predicted octanol–water partition coefficient (Wildman–Crippen LogP) is 2.26. The number of rotatable bonds is 0. The fraction of sp³-hybridized carbons (Fsp3) is 0.667. The Balaban J connectivity index is 2.76. The van der Waals surface area contributed by atoms with Crippen LogP contribution < -0.4 is 5.20 Å². The van der Waals surface area contributed by atoms with Crippen LogP contribution in [0.15, 0.2) is 5.10 Å². The van der Waals surface area contributed by atoms with E-state index < -0.39 is 5.69 Å². The van der Waals surface area contributed by atoms with Gasteiger partial charge in [-0.05, 0) is 0 Å². The van der Waals surface area contributed by atoms with Crippen molar-refractivity contribution >= 4 is 34.1 Å². The fourth-order valence-electron chi connectivity index (χ4n) is 0.517. The molecular weight excluding hydrogens is 182 g/mol. The van der Waals surface area contributed by atoms with Crippen molar-refractivity contribution in [3.05, 3.63) is 0 Å². The van der Waals surface area contributed by atoms with Crippen LogP contribution in [-0.4, -0.2) is 12.6 Å². The molecule has 0 aromatic rings. The molecule has 3 nitrogen and oxygen atoms in total. The summed E-state index contributed by atoms with van der Waals surface area (Å²) in [5, 5.41) is 6.25. The molecule has 0 amide bonds.